The molecule has 2 atom stereocenters. The Balaban J connectivity index is 1.93. The standard InChI is InChI=1S/C12H17N5O3/c1-7-4-17-10(6-15(7)12(19)20)9(3-14-17)16-5-8(13)2-11(16)18/h3,7-8H,2,4-6,13H2,1H3,(H,19,20)/t7-,8?/m0/s1. The molecule has 1 aromatic rings. The third kappa shape index (κ3) is 1.92. The highest BCUT2D eigenvalue weighted by Crippen LogP contribution is 2.29. The van der Waals surface area contributed by atoms with Gasteiger partial charge in [-0.05, 0) is 6.92 Å². The van der Waals surface area contributed by atoms with Crippen molar-refractivity contribution in [1.29, 1.82) is 0 Å². The molecule has 3 N–H and O–H groups in total. The van der Waals surface area contributed by atoms with E-state index in [9.17, 15) is 14.7 Å². The molecule has 0 bridgehead atoms. The van der Waals surface area contributed by atoms with Crippen molar-refractivity contribution in [2.75, 3.05) is 11.4 Å². The Labute approximate surface area is 115 Å². The molecule has 0 radical (unpaired) electrons. The van der Waals surface area contributed by atoms with Gasteiger partial charge in [0.05, 0.1) is 36.7 Å². The predicted molar refractivity (Wildman–Crippen MR) is 70.2 cm³/mol. The van der Waals surface area contributed by atoms with Crippen LogP contribution in [0.1, 0.15) is 19.0 Å². The van der Waals surface area contributed by atoms with Gasteiger partial charge < -0.3 is 15.7 Å². The van der Waals surface area contributed by atoms with E-state index in [0.717, 1.165) is 5.69 Å². The molecule has 0 aromatic carbocycles. The lowest BCUT2D eigenvalue weighted by molar-refractivity contribution is -0.117. The fourth-order valence-corrected chi connectivity index (χ4v) is 2.84. The maximum Gasteiger partial charge on any atom is 0.407 e. The number of hydrogen-bond acceptors (Lipinski definition) is 4. The van der Waals surface area contributed by atoms with E-state index in [0.29, 0.717) is 25.2 Å². The number of carboxylic acid groups (broad SMARTS) is 1. The lowest BCUT2D eigenvalue weighted by Gasteiger charge is -2.32. The number of rotatable bonds is 1. The van der Waals surface area contributed by atoms with E-state index in [4.69, 9.17) is 5.73 Å². The van der Waals surface area contributed by atoms with E-state index >= 15 is 0 Å². The molecule has 0 spiro atoms. The van der Waals surface area contributed by atoms with Crippen molar-refractivity contribution >= 4 is 17.7 Å². The normalized spacial score (nSPS) is 26.0. The summed E-state index contributed by atoms with van der Waals surface area (Å²) < 4.78 is 1.77. The number of nitrogens with zero attached hydrogens (tertiary/aromatic N) is 4. The summed E-state index contributed by atoms with van der Waals surface area (Å²) in [6.45, 7) is 3.04. The van der Waals surface area contributed by atoms with Gasteiger partial charge in [0.1, 0.15) is 0 Å². The Kier molecular flexibility index (Phi) is 2.89. The third-order valence-corrected chi connectivity index (χ3v) is 3.91. The Morgan fingerprint density at radius 1 is 1.50 bits per heavy atom. The number of fused-ring (bicyclic) bond motifs is 1. The average molecular weight is 279 g/mol. The molecule has 108 valence electrons. The summed E-state index contributed by atoms with van der Waals surface area (Å²) in [5.74, 6) is -0.0335. The Bertz CT molecular complexity index is 569. The first kappa shape index (κ1) is 12.9. The van der Waals surface area contributed by atoms with E-state index in [2.05, 4.69) is 5.10 Å². The topological polar surface area (TPSA) is 105 Å². The number of amides is 2. The van der Waals surface area contributed by atoms with E-state index in [-0.39, 0.29) is 24.5 Å². The molecule has 3 heterocycles. The minimum atomic E-state index is -0.958. The molecule has 2 aliphatic heterocycles. The van der Waals surface area contributed by atoms with Crippen LogP contribution in [0, 0.1) is 0 Å². The van der Waals surface area contributed by atoms with Gasteiger partial charge in [-0.15, -0.1) is 0 Å². The number of nitrogens with two attached hydrogens (primary N) is 1. The number of carbonyl (C=O) groups is 2. The quantitative estimate of drug-likeness (QED) is 0.742. The van der Waals surface area contributed by atoms with Crippen molar-refractivity contribution in [3.63, 3.8) is 0 Å². The van der Waals surface area contributed by atoms with Gasteiger partial charge in [0, 0.05) is 19.0 Å². The summed E-state index contributed by atoms with van der Waals surface area (Å²) in [6.07, 6.45) is 0.993. The highest BCUT2D eigenvalue weighted by atomic mass is 16.4. The Morgan fingerprint density at radius 2 is 2.25 bits per heavy atom. The van der Waals surface area contributed by atoms with Gasteiger partial charge >= 0.3 is 6.09 Å². The lowest BCUT2D eigenvalue weighted by Crippen LogP contribution is -2.44. The summed E-state index contributed by atoms with van der Waals surface area (Å²) in [4.78, 5) is 26.1. The van der Waals surface area contributed by atoms with Crippen LogP contribution in [0.2, 0.25) is 0 Å². The second-order valence-electron chi connectivity index (χ2n) is 5.39. The first-order valence-corrected chi connectivity index (χ1v) is 6.57. The van der Waals surface area contributed by atoms with Crippen LogP contribution < -0.4 is 10.6 Å². The van der Waals surface area contributed by atoms with Gasteiger partial charge in [-0.3, -0.25) is 14.4 Å². The minimum Gasteiger partial charge on any atom is -0.465 e. The van der Waals surface area contributed by atoms with E-state index in [1.54, 1.807) is 15.8 Å². The first-order valence-electron chi connectivity index (χ1n) is 6.57. The minimum absolute atomic E-state index is 0.0335. The second kappa shape index (κ2) is 4.48. The van der Waals surface area contributed by atoms with Crippen LogP contribution in [0.4, 0.5) is 10.5 Å². The lowest BCUT2D eigenvalue weighted by atomic mass is 10.2. The molecule has 0 aliphatic carbocycles. The molecule has 1 unspecified atom stereocenters. The summed E-state index contributed by atoms with van der Waals surface area (Å²) in [7, 11) is 0. The highest BCUT2D eigenvalue weighted by Gasteiger charge is 2.35. The van der Waals surface area contributed by atoms with Crippen LogP contribution in [0.5, 0.6) is 0 Å². The number of hydrogen-bond donors (Lipinski definition) is 2. The van der Waals surface area contributed by atoms with Crippen molar-refractivity contribution in [3.8, 4) is 0 Å². The number of aromatic nitrogens is 2. The summed E-state index contributed by atoms with van der Waals surface area (Å²) >= 11 is 0. The zero-order chi connectivity index (χ0) is 14.4. The largest absolute Gasteiger partial charge is 0.465 e. The fraction of sp³-hybridized carbons (Fsp3) is 0.583. The molecular formula is C12H17N5O3. The van der Waals surface area contributed by atoms with E-state index in [1.807, 2.05) is 6.92 Å². The van der Waals surface area contributed by atoms with E-state index < -0.39 is 6.09 Å². The van der Waals surface area contributed by atoms with Crippen molar-refractivity contribution in [1.82, 2.24) is 14.7 Å². The zero-order valence-electron chi connectivity index (χ0n) is 11.2. The van der Waals surface area contributed by atoms with Crippen LogP contribution in [0.3, 0.4) is 0 Å². The molecule has 3 rings (SSSR count). The van der Waals surface area contributed by atoms with Crippen LogP contribution in [-0.2, 0) is 17.9 Å². The second-order valence-corrected chi connectivity index (χ2v) is 5.39. The van der Waals surface area contributed by atoms with Gasteiger partial charge in [-0.1, -0.05) is 0 Å². The molecule has 8 heteroatoms. The Morgan fingerprint density at radius 3 is 2.85 bits per heavy atom. The summed E-state index contributed by atoms with van der Waals surface area (Å²) in [5.41, 5.74) is 7.24. The molecule has 8 nitrogen and oxygen atoms in total. The van der Waals surface area contributed by atoms with Gasteiger partial charge in [0.15, 0.2) is 0 Å². The SMILES string of the molecule is C[C@H]1Cn2ncc(N3CC(N)CC3=O)c2CN1C(=O)O. The van der Waals surface area contributed by atoms with Gasteiger partial charge in [0.2, 0.25) is 5.91 Å². The van der Waals surface area contributed by atoms with Crippen LogP contribution in [-0.4, -0.2) is 50.4 Å². The van der Waals surface area contributed by atoms with Crippen molar-refractivity contribution < 1.29 is 14.7 Å². The third-order valence-electron chi connectivity index (χ3n) is 3.91. The van der Waals surface area contributed by atoms with Crippen LogP contribution >= 0.6 is 0 Å². The molecule has 0 saturated carbocycles. The summed E-state index contributed by atoms with van der Waals surface area (Å²) in [6, 6.07) is -0.305. The van der Waals surface area contributed by atoms with Gasteiger partial charge in [-0.25, -0.2) is 4.79 Å². The summed E-state index contributed by atoms with van der Waals surface area (Å²) in [5, 5.41) is 13.5. The predicted octanol–water partition coefficient (Wildman–Crippen LogP) is -0.171. The zero-order valence-corrected chi connectivity index (χ0v) is 11.2. The number of anilines is 1. The van der Waals surface area contributed by atoms with Crippen molar-refractivity contribution in [3.05, 3.63) is 11.9 Å². The molecule has 1 saturated heterocycles. The van der Waals surface area contributed by atoms with Crippen LogP contribution in [0.15, 0.2) is 6.20 Å². The van der Waals surface area contributed by atoms with Crippen LogP contribution in [0.25, 0.3) is 0 Å². The molecule has 2 aliphatic rings. The van der Waals surface area contributed by atoms with Gasteiger partial charge in [0.25, 0.3) is 0 Å². The maximum absolute atomic E-state index is 11.9. The molecule has 2 amide bonds. The Hall–Kier alpha value is -2.09. The molecule has 1 aromatic heterocycles. The monoisotopic (exact) mass is 279 g/mol. The first-order chi connectivity index (χ1) is 9.47. The van der Waals surface area contributed by atoms with Crippen molar-refractivity contribution in [2.24, 2.45) is 5.73 Å². The number of carbonyl (C=O) groups excluding carboxylic acids is 1. The van der Waals surface area contributed by atoms with Gasteiger partial charge in [-0.2, -0.15) is 5.10 Å². The molecular weight excluding hydrogens is 262 g/mol. The van der Waals surface area contributed by atoms with Crippen molar-refractivity contribution in [2.45, 2.75) is 38.5 Å². The van der Waals surface area contributed by atoms with E-state index in [1.165, 1.54) is 4.90 Å². The highest BCUT2D eigenvalue weighted by molar-refractivity contribution is 5.96. The fourth-order valence-electron chi connectivity index (χ4n) is 2.84. The molecule has 1 fully saturated rings. The molecule has 20 heavy (non-hydrogen) atoms. The smallest absolute Gasteiger partial charge is 0.407 e. The maximum atomic E-state index is 11.9. The average Bonchev–Trinajstić information content (AvgIpc) is 2.90.